The topological polar surface area (TPSA) is 44.1 Å². The molecule has 3 nitrogen and oxygen atoms in total. The van der Waals surface area contributed by atoms with Gasteiger partial charge < -0.3 is 4.90 Å². The van der Waals surface area contributed by atoms with E-state index in [9.17, 15) is 4.79 Å². The Bertz CT molecular complexity index is 515. The van der Waals surface area contributed by atoms with Gasteiger partial charge in [-0.05, 0) is 37.5 Å². The number of carbonyl (C=O) groups excluding carboxylic acids is 1. The Morgan fingerprint density at radius 1 is 1.53 bits per heavy atom. The third-order valence-corrected chi connectivity index (χ3v) is 3.70. The van der Waals surface area contributed by atoms with E-state index in [0.29, 0.717) is 12.8 Å². The van der Waals surface area contributed by atoms with Gasteiger partial charge in [0, 0.05) is 17.2 Å². The van der Waals surface area contributed by atoms with E-state index in [-0.39, 0.29) is 5.91 Å². The second-order valence-corrected chi connectivity index (χ2v) is 5.40. The highest BCUT2D eigenvalue weighted by atomic mass is 79.9. The lowest BCUT2D eigenvalue weighted by Gasteiger charge is -2.22. The van der Waals surface area contributed by atoms with Gasteiger partial charge in [0.05, 0.1) is 6.07 Å². The van der Waals surface area contributed by atoms with E-state index >= 15 is 0 Å². The maximum atomic E-state index is 12.2. The molecule has 0 N–H and O–H groups in total. The van der Waals surface area contributed by atoms with Gasteiger partial charge in [-0.25, -0.2) is 0 Å². The predicted octanol–water partition coefficient (Wildman–Crippen LogP) is 3.02. The summed E-state index contributed by atoms with van der Waals surface area (Å²) in [5.74, 6) is -0.0961. The molecule has 0 spiro atoms. The van der Waals surface area contributed by atoms with E-state index in [2.05, 4.69) is 22.0 Å². The van der Waals surface area contributed by atoms with Gasteiger partial charge in [-0.1, -0.05) is 22.0 Å². The fraction of sp³-hybridized carbons (Fsp3) is 0.385. The minimum absolute atomic E-state index is 0.0961. The van der Waals surface area contributed by atoms with Crippen molar-refractivity contribution < 1.29 is 4.79 Å². The molecule has 88 valence electrons. The van der Waals surface area contributed by atoms with Crippen molar-refractivity contribution in [1.29, 1.82) is 5.26 Å². The number of hydrogen-bond donors (Lipinski definition) is 0. The van der Waals surface area contributed by atoms with Crippen molar-refractivity contribution in [2.75, 3.05) is 11.9 Å². The molecule has 0 heterocycles. The first-order valence-corrected chi connectivity index (χ1v) is 6.25. The first-order chi connectivity index (χ1) is 8.00. The van der Waals surface area contributed by atoms with Crippen molar-refractivity contribution >= 4 is 27.5 Å². The number of nitriles is 1. The standard InChI is InChI=1S/C13H13BrN2O/c1-9-3-4-10(14)7-11(9)16(2)12(17)13(8-15)5-6-13/h3-4,7H,5-6H2,1-2H3. The van der Waals surface area contributed by atoms with Gasteiger partial charge >= 0.3 is 0 Å². The summed E-state index contributed by atoms with van der Waals surface area (Å²) in [5.41, 5.74) is 1.12. The Morgan fingerprint density at radius 3 is 2.71 bits per heavy atom. The summed E-state index contributed by atoms with van der Waals surface area (Å²) in [6.07, 6.45) is 1.36. The second-order valence-electron chi connectivity index (χ2n) is 4.49. The maximum absolute atomic E-state index is 12.2. The number of halogens is 1. The second kappa shape index (κ2) is 4.15. The van der Waals surface area contributed by atoms with E-state index < -0.39 is 5.41 Å². The van der Waals surface area contributed by atoms with Crippen LogP contribution in [0.2, 0.25) is 0 Å². The zero-order valence-electron chi connectivity index (χ0n) is 9.83. The summed E-state index contributed by atoms with van der Waals surface area (Å²) in [6.45, 7) is 1.96. The molecule has 1 amide bonds. The summed E-state index contributed by atoms with van der Waals surface area (Å²) in [4.78, 5) is 13.8. The monoisotopic (exact) mass is 292 g/mol. The third kappa shape index (κ3) is 2.07. The van der Waals surface area contributed by atoms with Gasteiger partial charge in [-0.2, -0.15) is 5.26 Å². The fourth-order valence-electron chi connectivity index (χ4n) is 1.87. The normalized spacial score (nSPS) is 16.1. The Morgan fingerprint density at radius 2 is 2.18 bits per heavy atom. The number of aryl methyl sites for hydroxylation is 1. The smallest absolute Gasteiger partial charge is 0.247 e. The van der Waals surface area contributed by atoms with Gasteiger partial charge in [0.2, 0.25) is 5.91 Å². The van der Waals surface area contributed by atoms with Crippen LogP contribution in [0.4, 0.5) is 5.69 Å². The summed E-state index contributed by atoms with van der Waals surface area (Å²) in [6, 6.07) is 7.93. The number of benzene rings is 1. The number of hydrogen-bond acceptors (Lipinski definition) is 2. The van der Waals surface area contributed by atoms with Crippen LogP contribution >= 0.6 is 15.9 Å². The van der Waals surface area contributed by atoms with Gasteiger partial charge in [-0.15, -0.1) is 0 Å². The molecular weight excluding hydrogens is 280 g/mol. The first-order valence-electron chi connectivity index (χ1n) is 5.46. The van der Waals surface area contributed by atoms with Gasteiger partial charge in [-0.3, -0.25) is 4.79 Å². The average Bonchev–Trinajstić information content (AvgIpc) is 3.11. The number of nitrogens with zero attached hydrogens (tertiary/aromatic N) is 2. The van der Waals surface area contributed by atoms with Crippen molar-refractivity contribution in [1.82, 2.24) is 0 Å². The van der Waals surface area contributed by atoms with E-state index in [1.807, 2.05) is 25.1 Å². The lowest BCUT2D eigenvalue weighted by atomic mass is 10.1. The van der Waals surface area contributed by atoms with Crippen molar-refractivity contribution in [3.8, 4) is 6.07 Å². The highest BCUT2D eigenvalue weighted by Gasteiger charge is 2.52. The van der Waals surface area contributed by atoms with Crippen molar-refractivity contribution in [2.45, 2.75) is 19.8 Å². The molecule has 0 atom stereocenters. The van der Waals surface area contributed by atoms with Crippen LogP contribution in [0.5, 0.6) is 0 Å². The fourth-order valence-corrected chi connectivity index (χ4v) is 2.22. The van der Waals surface area contributed by atoms with Crippen LogP contribution in [0, 0.1) is 23.7 Å². The molecule has 0 aromatic heterocycles. The third-order valence-electron chi connectivity index (χ3n) is 3.21. The molecule has 1 saturated carbocycles. The molecule has 0 saturated heterocycles. The van der Waals surface area contributed by atoms with Crippen molar-refractivity contribution in [3.05, 3.63) is 28.2 Å². The van der Waals surface area contributed by atoms with Crippen molar-refractivity contribution in [3.63, 3.8) is 0 Å². The minimum Gasteiger partial charge on any atom is -0.314 e. The van der Waals surface area contributed by atoms with Crippen LogP contribution in [0.1, 0.15) is 18.4 Å². The van der Waals surface area contributed by atoms with E-state index in [1.54, 1.807) is 11.9 Å². The van der Waals surface area contributed by atoms with Crippen molar-refractivity contribution in [2.24, 2.45) is 5.41 Å². The molecule has 1 aliphatic rings. The van der Waals surface area contributed by atoms with Crippen LogP contribution < -0.4 is 4.90 Å². The maximum Gasteiger partial charge on any atom is 0.247 e. The molecule has 2 rings (SSSR count). The Hall–Kier alpha value is -1.34. The molecule has 0 unspecified atom stereocenters. The Kier molecular flexibility index (Phi) is 2.96. The molecule has 0 aliphatic heterocycles. The lowest BCUT2D eigenvalue weighted by Crippen LogP contribution is -2.33. The van der Waals surface area contributed by atoms with Crippen LogP contribution in [0.15, 0.2) is 22.7 Å². The van der Waals surface area contributed by atoms with Gasteiger partial charge in [0.15, 0.2) is 0 Å². The molecule has 1 fully saturated rings. The van der Waals surface area contributed by atoms with E-state index in [4.69, 9.17) is 5.26 Å². The predicted molar refractivity (Wildman–Crippen MR) is 69.6 cm³/mol. The van der Waals surface area contributed by atoms with Crippen LogP contribution in [-0.2, 0) is 4.79 Å². The molecule has 0 radical (unpaired) electrons. The molecule has 17 heavy (non-hydrogen) atoms. The number of carbonyl (C=O) groups is 1. The van der Waals surface area contributed by atoms with E-state index in [1.165, 1.54) is 0 Å². The number of anilines is 1. The Balaban J connectivity index is 2.32. The first kappa shape index (κ1) is 12.1. The summed E-state index contributed by atoms with van der Waals surface area (Å²) in [7, 11) is 1.73. The minimum atomic E-state index is -0.760. The molecule has 1 aromatic carbocycles. The molecule has 1 aliphatic carbocycles. The lowest BCUT2D eigenvalue weighted by molar-refractivity contribution is -0.121. The highest BCUT2D eigenvalue weighted by molar-refractivity contribution is 9.10. The van der Waals surface area contributed by atoms with Crippen LogP contribution in [0.3, 0.4) is 0 Å². The average molecular weight is 293 g/mol. The summed E-state index contributed by atoms with van der Waals surface area (Å²) in [5, 5.41) is 9.04. The van der Waals surface area contributed by atoms with Crippen LogP contribution in [-0.4, -0.2) is 13.0 Å². The molecule has 1 aromatic rings. The summed E-state index contributed by atoms with van der Waals surface area (Å²) >= 11 is 3.39. The van der Waals surface area contributed by atoms with E-state index in [0.717, 1.165) is 15.7 Å². The molecular formula is C13H13BrN2O. The largest absolute Gasteiger partial charge is 0.314 e. The zero-order valence-corrected chi connectivity index (χ0v) is 11.4. The number of rotatable bonds is 2. The SMILES string of the molecule is Cc1ccc(Br)cc1N(C)C(=O)C1(C#N)CC1. The zero-order chi connectivity index (χ0) is 12.6. The highest BCUT2D eigenvalue weighted by Crippen LogP contribution is 2.47. The number of amides is 1. The molecule has 4 heteroatoms. The van der Waals surface area contributed by atoms with Gasteiger partial charge in [0.1, 0.15) is 5.41 Å². The van der Waals surface area contributed by atoms with Crippen LogP contribution in [0.25, 0.3) is 0 Å². The van der Waals surface area contributed by atoms with Gasteiger partial charge in [0.25, 0.3) is 0 Å². The summed E-state index contributed by atoms with van der Waals surface area (Å²) < 4.78 is 0.930. The Labute approximate surface area is 109 Å². The quantitative estimate of drug-likeness (QED) is 0.841. The molecule has 0 bridgehead atoms.